The molecule has 1 fully saturated rings. The Hall–Kier alpha value is -1.68. The molecule has 0 aliphatic carbocycles. The van der Waals surface area contributed by atoms with E-state index in [-0.39, 0.29) is 0 Å². The van der Waals surface area contributed by atoms with E-state index in [4.69, 9.17) is 0 Å². The van der Waals surface area contributed by atoms with Gasteiger partial charge in [-0.1, -0.05) is 0 Å². The normalized spacial score (nSPS) is 20.4. The van der Waals surface area contributed by atoms with Gasteiger partial charge in [0.15, 0.2) is 0 Å². The first-order valence-corrected chi connectivity index (χ1v) is 6.10. The van der Waals surface area contributed by atoms with Crippen molar-refractivity contribution in [1.29, 1.82) is 0 Å². The summed E-state index contributed by atoms with van der Waals surface area (Å²) in [6, 6.07) is 6.13. The van der Waals surface area contributed by atoms with Crippen LogP contribution in [0.3, 0.4) is 0 Å². The molecule has 0 aromatic carbocycles. The minimum Gasteiger partial charge on any atom is -0.316 e. The molecule has 4 nitrogen and oxygen atoms in total. The molecule has 0 saturated carbocycles. The van der Waals surface area contributed by atoms with E-state index in [0.717, 1.165) is 24.3 Å². The zero-order valence-electron chi connectivity index (χ0n) is 9.69. The average Bonchev–Trinajstić information content (AvgIpc) is 2.90. The Balaban J connectivity index is 1.83. The number of H-pyrrole nitrogens is 1. The van der Waals surface area contributed by atoms with Crippen LogP contribution in [-0.2, 0) is 0 Å². The van der Waals surface area contributed by atoms with Gasteiger partial charge in [-0.3, -0.25) is 10.1 Å². The summed E-state index contributed by atoms with van der Waals surface area (Å²) in [5, 5.41) is 11.0. The van der Waals surface area contributed by atoms with Crippen LogP contribution in [0.5, 0.6) is 0 Å². The van der Waals surface area contributed by atoms with Gasteiger partial charge in [0.05, 0.1) is 5.69 Å². The van der Waals surface area contributed by atoms with E-state index in [1.165, 1.54) is 18.5 Å². The predicted molar refractivity (Wildman–Crippen MR) is 66.7 cm³/mol. The highest BCUT2D eigenvalue weighted by atomic mass is 15.1. The SMILES string of the molecule is c1cc(-c2cc(C3CCCNC3)[nH]n2)ccn1. The summed E-state index contributed by atoms with van der Waals surface area (Å²) in [5.41, 5.74) is 3.36. The molecule has 3 heterocycles. The van der Waals surface area contributed by atoms with E-state index >= 15 is 0 Å². The van der Waals surface area contributed by atoms with Gasteiger partial charge in [-0.25, -0.2) is 0 Å². The van der Waals surface area contributed by atoms with Crippen molar-refractivity contribution in [1.82, 2.24) is 20.5 Å². The molecular formula is C13H16N4. The van der Waals surface area contributed by atoms with Crippen molar-refractivity contribution in [3.63, 3.8) is 0 Å². The van der Waals surface area contributed by atoms with Crippen molar-refractivity contribution >= 4 is 0 Å². The zero-order chi connectivity index (χ0) is 11.5. The Morgan fingerprint density at radius 1 is 1.24 bits per heavy atom. The Morgan fingerprint density at radius 2 is 2.12 bits per heavy atom. The largest absolute Gasteiger partial charge is 0.316 e. The molecule has 0 radical (unpaired) electrons. The first-order chi connectivity index (χ1) is 8.43. The van der Waals surface area contributed by atoms with Gasteiger partial charge in [-0.2, -0.15) is 5.10 Å². The molecule has 88 valence electrons. The standard InChI is InChI=1S/C13H16N4/c1-2-11(9-15-5-1)13-8-12(16-17-13)10-3-6-14-7-4-10/h3-4,6-8,11,15H,1-2,5,9H2,(H,16,17). The second-order valence-electron chi connectivity index (χ2n) is 4.49. The third kappa shape index (κ3) is 2.22. The lowest BCUT2D eigenvalue weighted by molar-refractivity contribution is 0.454. The summed E-state index contributed by atoms with van der Waals surface area (Å²) in [4.78, 5) is 4.02. The maximum absolute atomic E-state index is 4.38. The molecule has 17 heavy (non-hydrogen) atoms. The molecule has 3 rings (SSSR count). The van der Waals surface area contributed by atoms with Crippen molar-refractivity contribution < 1.29 is 0 Å². The molecule has 1 unspecified atom stereocenters. The molecule has 1 aliphatic rings. The van der Waals surface area contributed by atoms with Crippen molar-refractivity contribution in [3.05, 3.63) is 36.3 Å². The number of hydrogen-bond donors (Lipinski definition) is 2. The third-order valence-electron chi connectivity index (χ3n) is 3.31. The Labute approximate surface area is 100 Å². The van der Waals surface area contributed by atoms with Crippen LogP contribution in [-0.4, -0.2) is 28.3 Å². The summed E-state index contributed by atoms with van der Waals surface area (Å²) in [7, 11) is 0. The van der Waals surface area contributed by atoms with E-state index in [1.807, 2.05) is 12.1 Å². The number of nitrogens with zero attached hydrogens (tertiary/aromatic N) is 2. The Kier molecular flexibility index (Phi) is 2.88. The van der Waals surface area contributed by atoms with Gasteiger partial charge in [0.2, 0.25) is 0 Å². The van der Waals surface area contributed by atoms with Crippen molar-refractivity contribution in [2.24, 2.45) is 0 Å². The summed E-state index contributed by atoms with van der Waals surface area (Å²) in [5.74, 6) is 0.576. The van der Waals surface area contributed by atoms with Crippen molar-refractivity contribution in [2.75, 3.05) is 13.1 Å². The Morgan fingerprint density at radius 3 is 2.88 bits per heavy atom. The van der Waals surface area contributed by atoms with Gasteiger partial charge in [0.1, 0.15) is 0 Å². The van der Waals surface area contributed by atoms with E-state index in [0.29, 0.717) is 5.92 Å². The van der Waals surface area contributed by atoms with Gasteiger partial charge in [-0.05, 0) is 37.6 Å². The van der Waals surface area contributed by atoms with E-state index < -0.39 is 0 Å². The zero-order valence-corrected chi connectivity index (χ0v) is 9.69. The van der Waals surface area contributed by atoms with Crippen molar-refractivity contribution in [2.45, 2.75) is 18.8 Å². The van der Waals surface area contributed by atoms with Gasteiger partial charge in [0.25, 0.3) is 0 Å². The number of piperidine rings is 1. The number of rotatable bonds is 2. The second kappa shape index (κ2) is 4.67. The molecular weight excluding hydrogens is 212 g/mol. The molecule has 1 saturated heterocycles. The molecule has 0 bridgehead atoms. The smallest absolute Gasteiger partial charge is 0.0924 e. The first-order valence-electron chi connectivity index (χ1n) is 6.10. The molecule has 0 spiro atoms. The van der Waals surface area contributed by atoms with Crippen molar-refractivity contribution in [3.8, 4) is 11.3 Å². The highest BCUT2D eigenvalue weighted by Crippen LogP contribution is 2.25. The fraction of sp³-hybridized carbons (Fsp3) is 0.385. The van der Waals surface area contributed by atoms with Crippen LogP contribution in [0.1, 0.15) is 24.5 Å². The highest BCUT2D eigenvalue weighted by molar-refractivity contribution is 5.58. The summed E-state index contributed by atoms with van der Waals surface area (Å²) < 4.78 is 0. The van der Waals surface area contributed by atoms with Crippen LogP contribution in [0.4, 0.5) is 0 Å². The van der Waals surface area contributed by atoms with E-state index in [1.54, 1.807) is 12.4 Å². The average molecular weight is 228 g/mol. The molecule has 1 aliphatic heterocycles. The number of pyridine rings is 1. The number of hydrogen-bond acceptors (Lipinski definition) is 3. The fourth-order valence-electron chi connectivity index (χ4n) is 2.33. The van der Waals surface area contributed by atoms with Crippen LogP contribution in [0.2, 0.25) is 0 Å². The van der Waals surface area contributed by atoms with Crippen LogP contribution in [0.25, 0.3) is 11.3 Å². The first kappa shape index (κ1) is 10.5. The van der Waals surface area contributed by atoms with E-state index in [9.17, 15) is 0 Å². The lowest BCUT2D eigenvalue weighted by Crippen LogP contribution is -2.28. The van der Waals surface area contributed by atoms with Gasteiger partial charge >= 0.3 is 0 Å². The van der Waals surface area contributed by atoms with Gasteiger partial charge in [0, 0.05) is 36.1 Å². The van der Waals surface area contributed by atoms with Crippen LogP contribution in [0, 0.1) is 0 Å². The van der Waals surface area contributed by atoms with Gasteiger partial charge < -0.3 is 5.32 Å². The van der Waals surface area contributed by atoms with E-state index in [2.05, 4.69) is 26.6 Å². The molecule has 4 heteroatoms. The molecule has 2 aromatic heterocycles. The van der Waals surface area contributed by atoms with Gasteiger partial charge in [-0.15, -0.1) is 0 Å². The molecule has 2 N–H and O–H groups in total. The minimum atomic E-state index is 0.576. The Bertz CT molecular complexity index is 471. The van der Waals surface area contributed by atoms with Crippen LogP contribution >= 0.6 is 0 Å². The summed E-state index contributed by atoms with van der Waals surface area (Å²) in [6.07, 6.45) is 6.08. The summed E-state index contributed by atoms with van der Waals surface area (Å²) >= 11 is 0. The lowest BCUT2D eigenvalue weighted by Gasteiger charge is -2.21. The topological polar surface area (TPSA) is 53.6 Å². The maximum atomic E-state index is 4.38. The molecule has 2 aromatic rings. The number of aromatic amines is 1. The summed E-state index contributed by atoms with van der Waals surface area (Å²) in [6.45, 7) is 2.19. The predicted octanol–water partition coefficient (Wildman–Crippen LogP) is 1.94. The lowest BCUT2D eigenvalue weighted by atomic mass is 9.96. The number of nitrogens with one attached hydrogen (secondary N) is 2. The fourth-order valence-corrected chi connectivity index (χ4v) is 2.33. The van der Waals surface area contributed by atoms with Crippen LogP contribution < -0.4 is 5.32 Å². The highest BCUT2D eigenvalue weighted by Gasteiger charge is 2.17. The van der Waals surface area contributed by atoms with Crippen LogP contribution in [0.15, 0.2) is 30.6 Å². The quantitative estimate of drug-likeness (QED) is 0.826. The molecule has 1 atom stereocenters. The maximum Gasteiger partial charge on any atom is 0.0924 e. The monoisotopic (exact) mass is 228 g/mol. The third-order valence-corrected chi connectivity index (χ3v) is 3.31. The minimum absolute atomic E-state index is 0.576. The number of aromatic nitrogens is 3. The second-order valence-corrected chi connectivity index (χ2v) is 4.49. The molecule has 0 amide bonds.